The van der Waals surface area contributed by atoms with Crippen LogP contribution in [0.3, 0.4) is 0 Å². The second kappa shape index (κ2) is 4.89. The van der Waals surface area contributed by atoms with E-state index in [1.165, 1.54) is 6.08 Å². The monoisotopic (exact) mass is 214 g/mol. The van der Waals surface area contributed by atoms with E-state index in [1.807, 2.05) is 0 Å². The molecule has 0 amide bonds. The van der Waals surface area contributed by atoms with Gasteiger partial charge in [-0.2, -0.15) is 0 Å². The van der Waals surface area contributed by atoms with Gasteiger partial charge in [0.2, 0.25) is 0 Å². The van der Waals surface area contributed by atoms with Crippen LogP contribution in [0.2, 0.25) is 0 Å². The number of hydrogen-bond donors (Lipinski definition) is 1. The minimum absolute atomic E-state index is 0.170. The van der Waals surface area contributed by atoms with Crippen LogP contribution in [-0.4, -0.2) is 11.2 Å². The number of aliphatic hydroxyl groups is 1. The Hall–Kier alpha value is -1.42. The summed E-state index contributed by atoms with van der Waals surface area (Å²) in [6.45, 7) is 4.65. The van der Waals surface area contributed by atoms with Crippen LogP contribution in [0.15, 0.2) is 24.8 Å². The number of hydrogen-bond acceptors (Lipinski definition) is 2. The second-order valence-corrected chi connectivity index (χ2v) is 3.11. The fraction of sp³-hybridized carbons (Fsp3) is 0.273. The van der Waals surface area contributed by atoms with E-state index < -0.39 is 30.1 Å². The Balaban J connectivity index is 3.02. The Kier molecular flexibility index (Phi) is 3.80. The van der Waals surface area contributed by atoms with E-state index in [0.29, 0.717) is 0 Å². The quantitative estimate of drug-likeness (QED) is 0.780. The number of halogens is 2. The lowest BCUT2D eigenvalue weighted by atomic mass is 10.2. The topological polar surface area (TPSA) is 29.5 Å². The molecule has 1 rings (SSSR count). The molecule has 0 heterocycles. The molecule has 15 heavy (non-hydrogen) atoms. The summed E-state index contributed by atoms with van der Waals surface area (Å²) in [4.78, 5) is 0. The third kappa shape index (κ3) is 2.76. The molecule has 1 atom stereocenters. The highest BCUT2D eigenvalue weighted by Crippen LogP contribution is 2.24. The zero-order chi connectivity index (χ0) is 11.4. The minimum Gasteiger partial charge on any atom is -0.481 e. The van der Waals surface area contributed by atoms with Gasteiger partial charge in [0, 0.05) is 0 Å². The van der Waals surface area contributed by atoms with Crippen molar-refractivity contribution in [3.63, 3.8) is 0 Å². The van der Waals surface area contributed by atoms with Crippen molar-refractivity contribution in [3.8, 4) is 5.75 Å². The molecule has 0 saturated heterocycles. The predicted molar refractivity (Wildman–Crippen MR) is 52.6 cm³/mol. The van der Waals surface area contributed by atoms with Gasteiger partial charge in [-0.05, 0) is 24.6 Å². The van der Waals surface area contributed by atoms with E-state index in [1.54, 1.807) is 6.92 Å². The maximum Gasteiger partial charge on any atom is 0.191 e. The van der Waals surface area contributed by atoms with E-state index in [-0.39, 0.29) is 5.56 Å². The van der Waals surface area contributed by atoms with Crippen LogP contribution in [0.1, 0.15) is 12.5 Å². The summed E-state index contributed by atoms with van der Waals surface area (Å²) in [5.74, 6) is -2.10. The molecule has 1 aromatic rings. The van der Waals surface area contributed by atoms with Crippen molar-refractivity contribution in [2.75, 3.05) is 0 Å². The van der Waals surface area contributed by atoms with Crippen LogP contribution in [0.4, 0.5) is 8.78 Å². The number of ether oxygens (including phenoxy) is 1. The van der Waals surface area contributed by atoms with Crippen LogP contribution in [-0.2, 0) is 6.61 Å². The van der Waals surface area contributed by atoms with Gasteiger partial charge in [0.25, 0.3) is 0 Å². The molecule has 0 aliphatic carbocycles. The third-order valence-electron chi connectivity index (χ3n) is 1.88. The molecular formula is C11H12F2O2. The first-order chi connectivity index (χ1) is 7.08. The molecule has 0 fully saturated rings. The zero-order valence-corrected chi connectivity index (χ0v) is 8.34. The summed E-state index contributed by atoms with van der Waals surface area (Å²) < 4.78 is 31.5. The van der Waals surface area contributed by atoms with Gasteiger partial charge in [-0.3, -0.25) is 0 Å². The second-order valence-electron chi connectivity index (χ2n) is 3.11. The van der Waals surface area contributed by atoms with Crippen LogP contribution in [0.5, 0.6) is 5.75 Å². The molecule has 0 spiro atoms. The molecule has 82 valence electrons. The largest absolute Gasteiger partial charge is 0.481 e. The van der Waals surface area contributed by atoms with Gasteiger partial charge in [0.05, 0.1) is 6.61 Å². The van der Waals surface area contributed by atoms with E-state index >= 15 is 0 Å². The van der Waals surface area contributed by atoms with E-state index in [9.17, 15) is 8.78 Å². The molecule has 1 unspecified atom stereocenters. The van der Waals surface area contributed by atoms with Crippen molar-refractivity contribution >= 4 is 0 Å². The van der Waals surface area contributed by atoms with Crippen molar-refractivity contribution in [1.29, 1.82) is 0 Å². The Morgan fingerprint density at radius 1 is 1.47 bits per heavy atom. The van der Waals surface area contributed by atoms with Gasteiger partial charge in [-0.25, -0.2) is 8.78 Å². The number of rotatable bonds is 4. The van der Waals surface area contributed by atoms with Crippen LogP contribution in [0, 0.1) is 11.6 Å². The molecule has 0 bridgehead atoms. The Bertz CT molecular complexity index is 341. The molecule has 0 aliphatic rings. The first-order valence-corrected chi connectivity index (χ1v) is 4.46. The normalized spacial score (nSPS) is 12.3. The first kappa shape index (κ1) is 11.7. The van der Waals surface area contributed by atoms with Crippen LogP contribution < -0.4 is 4.74 Å². The number of benzene rings is 1. The Morgan fingerprint density at radius 2 is 2.00 bits per heavy atom. The molecule has 2 nitrogen and oxygen atoms in total. The van der Waals surface area contributed by atoms with Gasteiger partial charge in [0.15, 0.2) is 17.4 Å². The van der Waals surface area contributed by atoms with Crippen molar-refractivity contribution in [1.82, 2.24) is 0 Å². The maximum absolute atomic E-state index is 13.3. The van der Waals surface area contributed by atoms with Crippen molar-refractivity contribution in [2.45, 2.75) is 19.6 Å². The van der Waals surface area contributed by atoms with Gasteiger partial charge in [-0.1, -0.05) is 12.7 Å². The number of aliphatic hydroxyl groups excluding tert-OH is 1. The zero-order valence-electron chi connectivity index (χ0n) is 8.34. The van der Waals surface area contributed by atoms with Crippen molar-refractivity contribution in [2.24, 2.45) is 0 Å². The lowest BCUT2D eigenvalue weighted by Crippen LogP contribution is -2.10. The highest BCUT2D eigenvalue weighted by Gasteiger charge is 2.13. The van der Waals surface area contributed by atoms with Crippen molar-refractivity contribution < 1.29 is 18.6 Å². The minimum atomic E-state index is -0.826. The molecule has 0 radical (unpaired) electrons. The standard InChI is InChI=1S/C11H12F2O2/c1-3-7(2)15-11-9(12)4-8(6-14)5-10(11)13/h3-5,7,14H,1,6H2,2H3. The van der Waals surface area contributed by atoms with Crippen LogP contribution >= 0.6 is 0 Å². The molecule has 1 aromatic carbocycles. The average Bonchev–Trinajstić information content (AvgIpc) is 2.22. The van der Waals surface area contributed by atoms with E-state index in [4.69, 9.17) is 9.84 Å². The fourth-order valence-corrected chi connectivity index (χ4v) is 1.05. The third-order valence-corrected chi connectivity index (χ3v) is 1.88. The summed E-state index contributed by atoms with van der Waals surface area (Å²) in [7, 11) is 0. The summed E-state index contributed by atoms with van der Waals surface area (Å²) in [5.41, 5.74) is 0.170. The van der Waals surface area contributed by atoms with Gasteiger partial charge in [0.1, 0.15) is 6.10 Å². The van der Waals surface area contributed by atoms with E-state index in [0.717, 1.165) is 12.1 Å². The average molecular weight is 214 g/mol. The molecule has 4 heteroatoms. The molecule has 0 saturated carbocycles. The molecule has 0 aromatic heterocycles. The molecule has 1 N–H and O–H groups in total. The maximum atomic E-state index is 13.3. The molecular weight excluding hydrogens is 202 g/mol. The van der Waals surface area contributed by atoms with Crippen LogP contribution in [0.25, 0.3) is 0 Å². The Labute approximate surface area is 86.8 Å². The van der Waals surface area contributed by atoms with Gasteiger partial charge in [-0.15, -0.1) is 0 Å². The fourth-order valence-electron chi connectivity index (χ4n) is 1.05. The van der Waals surface area contributed by atoms with Gasteiger partial charge >= 0.3 is 0 Å². The van der Waals surface area contributed by atoms with Gasteiger partial charge < -0.3 is 9.84 Å². The lowest BCUT2D eigenvalue weighted by molar-refractivity contribution is 0.241. The highest BCUT2D eigenvalue weighted by molar-refractivity contribution is 5.31. The SMILES string of the molecule is C=CC(C)Oc1c(F)cc(CO)cc1F. The smallest absolute Gasteiger partial charge is 0.191 e. The Morgan fingerprint density at radius 3 is 2.40 bits per heavy atom. The van der Waals surface area contributed by atoms with Crippen molar-refractivity contribution in [3.05, 3.63) is 42.0 Å². The van der Waals surface area contributed by atoms with E-state index in [2.05, 4.69) is 6.58 Å². The predicted octanol–water partition coefficient (Wildman–Crippen LogP) is 2.41. The summed E-state index contributed by atoms with van der Waals surface area (Å²) in [5, 5.41) is 8.72. The summed E-state index contributed by atoms with van der Waals surface area (Å²) in [6.07, 6.45) is 0.952. The molecule has 0 aliphatic heterocycles. The summed E-state index contributed by atoms with van der Waals surface area (Å²) in [6, 6.07) is 2.07. The first-order valence-electron chi connectivity index (χ1n) is 4.46. The lowest BCUT2D eigenvalue weighted by Gasteiger charge is -2.12. The summed E-state index contributed by atoms with van der Waals surface area (Å²) >= 11 is 0. The highest BCUT2D eigenvalue weighted by atomic mass is 19.1.